The second-order valence-corrected chi connectivity index (χ2v) is 6.55. The molecular weight excluding hydrogens is 290 g/mol. The van der Waals surface area contributed by atoms with Crippen molar-refractivity contribution in [1.29, 1.82) is 0 Å². The van der Waals surface area contributed by atoms with Crippen LogP contribution in [0.25, 0.3) is 0 Å². The summed E-state index contributed by atoms with van der Waals surface area (Å²) >= 11 is 0. The summed E-state index contributed by atoms with van der Waals surface area (Å²) < 4.78 is 37.6. The Morgan fingerprint density at radius 3 is 1.95 bits per heavy atom. The molecule has 0 spiro atoms. The van der Waals surface area contributed by atoms with Crippen molar-refractivity contribution in [2.45, 2.75) is 20.0 Å². The molecule has 0 fully saturated rings. The Hall–Kier alpha value is -1.19. The average molecular weight is 313 g/mol. The molecule has 1 unspecified atom stereocenters. The summed E-state index contributed by atoms with van der Waals surface area (Å²) in [6.45, 7) is 3.80. The SMILES string of the molecule is CC(=O)OC(C)C(=O)OCC[N+](C)(C)C.CS(=O)(=O)[O-]. The third-order valence-corrected chi connectivity index (χ3v) is 1.68. The lowest BCUT2D eigenvalue weighted by Crippen LogP contribution is -2.38. The van der Waals surface area contributed by atoms with E-state index < -0.39 is 28.2 Å². The fraction of sp³-hybridized carbons (Fsp3) is 0.818. The van der Waals surface area contributed by atoms with Crippen molar-refractivity contribution in [2.75, 3.05) is 40.6 Å². The standard InChI is InChI=1S/C10H20NO4.CH4O3S/c1-8(15-9(2)12)10(13)14-7-6-11(3,4)5;1-5(2,3)4/h8H,6-7H2,1-5H3;1H3,(H,2,3,4)/q+1;/p-1. The van der Waals surface area contributed by atoms with E-state index in [1.807, 2.05) is 21.1 Å². The number of carbonyl (C=O) groups excluding carboxylic acids is 2. The van der Waals surface area contributed by atoms with Crippen LogP contribution in [0.3, 0.4) is 0 Å². The van der Waals surface area contributed by atoms with Gasteiger partial charge in [-0.2, -0.15) is 0 Å². The number of carbonyl (C=O) groups is 2. The second-order valence-electron chi connectivity index (χ2n) is 5.14. The normalized spacial score (nSPS) is 12.8. The van der Waals surface area contributed by atoms with Gasteiger partial charge in [0.2, 0.25) is 0 Å². The Labute approximate surface area is 120 Å². The van der Waals surface area contributed by atoms with Crippen molar-refractivity contribution in [3.63, 3.8) is 0 Å². The second kappa shape index (κ2) is 8.88. The molecule has 0 N–H and O–H groups in total. The highest BCUT2D eigenvalue weighted by atomic mass is 32.2. The van der Waals surface area contributed by atoms with Gasteiger partial charge < -0.3 is 18.5 Å². The minimum Gasteiger partial charge on any atom is -0.748 e. The summed E-state index contributed by atoms with van der Waals surface area (Å²) in [4.78, 5) is 21.8. The van der Waals surface area contributed by atoms with Crippen LogP contribution in [0.4, 0.5) is 0 Å². The fourth-order valence-corrected chi connectivity index (χ4v) is 0.835. The molecule has 20 heavy (non-hydrogen) atoms. The van der Waals surface area contributed by atoms with Gasteiger partial charge >= 0.3 is 11.9 Å². The van der Waals surface area contributed by atoms with Crippen LogP contribution in [0.5, 0.6) is 0 Å². The highest BCUT2D eigenvalue weighted by molar-refractivity contribution is 7.84. The zero-order valence-electron chi connectivity index (χ0n) is 12.7. The molecule has 0 saturated carbocycles. The number of quaternary nitrogens is 1. The first kappa shape index (κ1) is 21.1. The molecule has 9 heteroatoms. The van der Waals surface area contributed by atoms with E-state index in [-0.39, 0.29) is 0 Å². The summed E-state index contributed by atoms with van der Waals surface area (Å²) in [5, 5.41) is 0. The summed E-state index contributed by atoms with van der Waals surface area (Å²) in [6.07, 6.45) is -0.220. The van der Waals surface area contributed by atoms with E-state index in [4.69, 9.17) is 17.7 Å². The highest BCUT2D eigenvalue weighted by Gasteiger charge is 2.18. The van der Waals surface area contributed by atoms with Crippen LogP contribution in [0.1, 0.15) is 13.8 Å². The molecule has 0 bridgehead atoms. The Balaban J connectivity index is 0. The number of hydrogen-bond donors (Lipinski definition) is 0. The van der Waals surface area contributed by atoms with E-state index in [1.165, 1.54) is 13.8 Å². The van der Waals surface area contributed by atoms with E-state index >= 15 is 0 Å². The zero-order valence-corrected chi connectivity index (χ0v) is 13.5. The highest BCUT2D eigenvalue weighted by Crippen LogP contribution is 1.97. The number of hydrogen-bond acceptors (Lipinski definition) is 7. The molecule has 0 saturated heterocycles. The Morgan fingerprint density at radius 2 is 1.65 bits per heavy atom. The maximum absolute atomic E-state index is 11.3. The van der Waals surface area contributed by atoms with Crippen molar-refractivity contribution in [3.05, 3.63) is 0 Å². The predicted molar refractivity (Wildman–Crippen MR) is 70.7 cm³/mol. The molecule has 0 radical (unpaired) electrons. The van der Waals surface area contributed by atoms with Gasteiger partial charge in [-0.05, 0) is 6.92 Å². The van der Waals surface area contributed by atoms with Gasteiger partial charge in [-0.25, -0.2) is 13.2 Å². The topological polar surface area (TPSA) is 110 Å². The van der Waals surface area contributed by atoms with Crippen molar-refractivity contribution in [2.24, 2.45) is 0 Å². The van der Waals surface area contributed by atoms with E-state index in [2.05, 4.69) is 4.74 Å². The van der Waals surface area contributed by atoms with Crippen LogP contribution in [0.2, 0.25) is 0 Å². The fourth-order valence-electron chi connectivity index (χ4n) is 0.835. The van der Waals surface area contributed by atoms with Crippen molar-refractivity contribution < 1.29 is 36.5 Å². The van der Waals surface area contributed by atoms with Crippen molar-refractivity contribution >= 4 is 22.1 Å². The molecule has 0 rings (SSSR count). The molecule has 0 aromatic carbocycles. The molecule has 8 nitrogen and oxygen atoms in total. The van der Waals surface area contributed by atoms with E-state index in [0.717, 1.165) is 11.0 Å². The molecule has 0 aliphatic carbocycles. The lowest BCUT2D eigenvalue weighted by Gasteiger charge is -2.23. The van der Waals surface area contributed by atoms with Gasteiger partial charge in [-0.1, -0.05) is 0 Å². The van der Waals surface area contributed by atoms with Gasteiger partial charge in [0.05, 0.1) is 31.3 Å². The Morgan fingerprint density at radius 1 is 1.25 bits per heavy atom. The summed E-state index contributed by atoms with van der Waals surface area (Å²) in [7, 11) is 2.09. The molecular formula is C11H23NO7S. The lowest BCUT2D eigenvalue weighted by molar-refractivity contribution is -0.870. The van der Waals surface area contributed by atoms with Crippen LogP contribution >= 0.6 is 0 Å². The van der Waals surface area contributed by atoms with Crippen LogP contribution in [-0.2, 0) is 29.2 Å². The molecule has 0 aromatic rings. The molecule has 0 aliphatic rings. The molecule has 0 amide bonds. The first-order valence-corrected chi connectivity index (χ1v) is 7.59. The van der Waals surface area contributed by atoms with E-state index in [1.54, 1.807) is 0 Å². The molecule has 120 valence electrons. The number of esters is 2. The average Bonchev–Trinajstić information content (AvgIpc) is 2.11. The van der Waals surface area contributed by atoms with Gasteiger partial charge in [0, 0.05) is 13.2 Å². The van der Waals surface area contributed by atoms with Gasteiger partial charge in [-0.15, -0.1) is 0 Å². The van der Waals surface area contributed by atoms with Crippen molar-refractivity contribution in [1.82, 2.24) is 0 Å². The first-order valence-electron chi connectivity index (χ1n) is 5.77. The van der Waals surface area contributed by atoms with Gasteiger partial charge in [0.15, 0.2) is 6.10 Å². The molecule has 1 atom stereocenters. The number of ether oxygens (including phenoxy) is 2. The monoisotopic (exact) mass is 313 g/mol. The smallest absolute Gasteiger partial charge is 0.347 e. The third kappa shape index (κ3) is 22.0. The van der Waals surface area contributed by atoms with Crippen LogP contribution in [0, 0.1) is 0 Å². The van der Waals surface area contributed by atoms with Crippen LogP contribution in [-0.4, -0.2) is 76.0 Å². The lowest BCUT2D eigenvalue weighted by atomic mass is 10.4. The number of rotatable bonds is 5. The van der Waals surface area contributed by atoms with Crippen molar-refractivity contribution in [3.8, 4) is 0 Å². The molecule has 0 aromatic heterocycles. The summed E-state index contributed by atoms with van der Waals surface area (Å²) in [6, 6.07) is 0. The van der Waals surface area contributed by atoms with Crippen LogP contribution in [0.15, 0.2) is 0 Å². The van der Waals surface area contributed by atoms with Crippen LogP contribution < -0.4 is 0 Å². The van der Waals surface area contributed by atoms with Gasteiger partial charge in [-0.3, -0.25) is 4.79 Å². The van der Waals surface area contributed by atoms with E-state index in [9.17, 15) is 9.59 Å². The number of likely N-dealkylation sites (N-methyl/N-ethyl adjacent to an activating group) is 1. The Kier molecular flexibility index (Phi) is 9.37. The summed E-state index contributed by atoms with van der Waals surface area (Å²) in [5.41, 5.74) is 0. The largest absolute Gasteiger partial charge is 0.748 e. The minimum absolute atomic E-state index is 0.327. The van der Waals surface area contributed by atoms with Gasteiger partial charge in [0.1, 0.15) is 13.2 Å². The maximum Gasteiger partial charge on any atom is 0.347 e. The molecule has 0 aliphatic heterocycles. The van der Waals surface area contributed by atoms with Gasteiger partial charge in [0.25, 0.3) is 0 Å². The quantitative estimate of drug-likeness (QED) is 0.377. The first-order chi connectivity index (χ1) is 8.72. The maximum atomic E-state index is 11.3. The summed E-state index contributed by atoms with van der Waals surface area (Å²) in [5.74, 6) is -0.982. The third-order valence-electron chi connectivity index (χ3n) is 1.68. The predicted octanol–water partition coefficient (Wildman–Crippen LogP) is -0.651. The van der Waals surface area contributed by atoms with E-state index in [0.29, 0.717) is 12.9 Å². The molecule has 0 heterocycles. The number of nitrogens with zero attached hydrogens (tertiary/aromatic N) is 1. The minimum atomic E-state index is -3.92. The Bertz CT molecular complexity index is 403. The zero-order chi connectivity index (χ0) is 16.6.